The molecule has 0 saturated carbocycles. The van der Waals surface area contributed by atoms with Crippen molar-refractivity contribution in [2.24, 2.45) is 0 Å². The van der Waals surface area contributed by atoms with Crippen LogP contribution in [0.4, 0.5) is 0 Å². The summed E-state index contributed by atoms with van der Waals surface area (Å²) in [4.78, 5) is 1.18. The van der Waals surface area contributed by atoms with Crippen molar-refractivity contribution in [1.29, 1.82) is 0 Å². The van der Waals surface area contributed by atoms with Gasteiger partial charge in [0, 0.05) is 16.8 Å². The minimum atomic E-state index is -0.404. The summed E-state index contributed by atoms with van der Waals surface area (Å²) in [5, 5.41) is 18.5. The molecule has 1 rings (SSSR count). The molecule has 84 valence electrons. The highest BCUT2D eigenvalue weighted by atomic mass is 32.2. The topological polar surface area (TPSA) is 40.5 Å². The Morgan fingerprint density at radius 3 is 2.27 bits per heavy atom. The second-order valence-corrected chi connectivity index (χ2v) is 5.20. The Bertz CT molecular complexity index is 282. The van der Waals surface area contributed by atoms with Crippen molar-refractivity contribution in [3.63, 3.8) is 0 Å². The Hall–Kier alpha value is -0.510. The largest absolute Gasteiger partial charge is 0.396 e. The van der Waals surface area contributed by atoms with Crippen molar-refractivity contribution in [3.05, 3.63) is 29.8 Å². The lowest BCUT2D eigenvalue weighted by atomic mass is 10.1. The van der Waals surface area contributed by atoms with E-state index in [1.165, 1.54) is 4.90 Å². The molecular formula is C12H18O2S. The fraction of sp³-hybridized carbons (Fsp3) is 0.500. The molecule has 0 bridgehead atoms. The Morgan fingerprint density at radius 2 is 1.80 bits per heavy atom. The van der Waals surface area contributed by atoms with E-state index in [1.54, 1.807) is 18.7 Å². The first kappa shape index (κ1) is 12.6. The van der Waals surface area contributed by atoms with Gasteiger partial charge in [0.2, 0.25) is 0 Å². The van der Waals surface area contributed by atoms with Gasteiger partial charge in [-0.1, -0.05) is 19.1 Å². The van der Waals surface area contributed by atoms with Crippen molar-refractivity contribution in [3.8, 4) is 0 Å². The van der Waals surface area contributed by atoms with Crippen LogP contribution in [0.3, 0.4) is 0 Å². The van der Waals surface area contributed by atoms with Crippen molar-refractivity contribution < 1.29 is 10.2 Å². The number of aliphatic hydroxyl groups excluding tert-OH is 2. The fourth-order valence-corrected chi connectivity index (χ4v) is 2.28. The summed E-state index contributed by atoms with van der Waals surface area (Å²) in [7, 11) is 0. The fourth-order valence-electron chi connectivity index (χ4n) is 1.30. The zero-order valence-electron chi connectivity index (χ0n) is 9.18. The first-order chi connectivity index (χ1) is 7.13. The summed E-state index contributed by atoms with van der Waals surface area (Å²) in [5.41, 5.74) is 0.939. The van der Waals surface area contributed by atoms with E-state index >= 15 is 0 Å². The number of hydrogen-bond acceptors (Lipinski definition) is 3. The summed E-state index contributed by atoms with van der Waals surface area (Å²) in [5.74, 6) is 0. The minimum absolute atomic E-state index is 0.236. The van der Waals surface area contributed by atoms with Crippen LogP contribution >= 0.6 is 11.8 Å². The number of hydrogen-bond donors (Lipinski definition) is 2. The second kappa shape index (κ2) is 6.16. The lowest BCUT2D eigenvalue weighted by molar-refractivity contribution is 0.199. The van der Waals surface area contributed by atoms with Gasteiger partial charge in [-0.05, 0) is 31.0 Å². The van der Waals surface area contributed by atoms with E-state index in [0.717, 1.165) is 12.0 Å². The molecule has 15 heavy (non-hydrogen) atoms. The van der Waals surface area contributed by atoms with Gasteiger partial charge in [0.1, 0.15) is 0 Å². The van der Waals surface area contributed by atoms with Gasteiger partial charge in [0.25, 0.3) is 0 Å². The molecule has 1 aromatic carbocycles. The molecule has 1 unspecified atom stereocenters. The maximum Gasteiger partial charge on any atom is 0.0761 e. The summed E-state index contributed by atoms with van der Waals surface area (Å²) < 4.78 is 0. The minimum Gasteiger partial charge on any atom is -0.396 e. The molecule has 2 nitrogen and oxygen atoms in total. The lowest BCUT2D eigenvalue weighted by Crippen LogP contribution is -1.99. The first-order valence-corrected chi connectivity index (χ1v) is 6.07. The lowest BCUT2D eigenvalue weighted by Gasteiger charge is -2.10. The van der Waals surface area contributed by atoms with Gasteiger partial charge >= 0.3 is 0 Å². The zero-order valence-corrected chi connectivity index (χ0v) is 10.00. The smallest absolute Gasteiger partial charge is 0.0761 e. The molecule has 0 saturated heterocycles. The molecule has 0 aliphatic carbocycles. The molecule has 0 aliphatic rings. The molecule has 2 N–H and O–H groups in total. The predicted molar refractivity (Wildman–Crippen MR) is 64.1 cm³/mol. The van der Waals surface area contributed by atoms with Crippen LogP contribution in [0.15, 0.2) is 29.2 Å². The van der Waals surface area contributed by atoms with Gasteiger partial charge in [-0.25, -0.2) is 0 Å². The average Bonchev–Trinajstić information content (AvgIpc) is 2.18. The quantitative estimate of drug-likeness (QED) is 0.758. The highest BCUT2D eigenvalue weighted by Gasteiger charge is 2.04. The predicted octanol–water partition coefficient (Wildman–Crippen LogP) is 2.60. The van der Waals surface area contributed by atoms with E-state index in [1.807, 2.05) is 24.3 Å². The Morgan fingerprint density at radius 1 is 1.20 bits per heavy atom. The van der Waals surface area contributed by atoms with Gasteiger partial charge < -0.3 is 10.2 Å². The van der Waals surface area contributed by atoms with Crippen LogP contribution in [0, 0.1) is 0 Å². The van der Waals surface area contributed by atoms with Gasteiger partial charge in [0.05, 0.1) is 6.10 Å². The van der Waals surface area contributed by atoms with Crippen LogP contribution in [0.5, 0.6) is 0 Å². The molecule has 0 heterocycles. The summed E-state index contributed by atoms with van der Waals surface area (Å²) in [6, 6.07) is 7.92. The highest BCUT2D eigenvalue weighted by Crippen LogP contribution is 2.26. The normalized spacial score (nSPS) is 14.9. The van der Waals surface area contributed by atoms with Crippen LogP contribution < -0.4 is 0 Å². The van der Waals surface area contributed by atoms with Crippen molar-refractivity contribution in [2.75, 3.05) is 6.61 Å². The second-order valence-electron chi connectivity index (χ2n) is 3.69. The van der Waals surface area contributed by atoms with E-state index in [-0.39, 0.29) is 6.61 Å². The SMILES string of the molecule is CC(CCO)Sc1ccc([C@@H](C)O)cc1. The van der Waals surface area contributed by atoms with Gasteiger partial charge in [-0.2, -0.15) is 0 Å². The van der Waals surface area contributed by atoms with Crippen molar-refractivity contribution >= 4 is 11.8 Å². The standard InChI is InChI=1S/C12H18O2S/c1-9(7-8-13)15-12-5-3-11(4-6-12)10(2)14/h3-6,9-10,13-14H,7-8H2,1-2H3/t9?,10-/m1/s1. The van der Waals surface area contributed by atoms with E-state index in [9.17, 15) is 5.11 Å². The first-order valence-electron chi connectivity index (χ1n) is 5.19. The van der Waals surface area contributed by atoms with Gasteiger partial charge in [-0.15, -0.1) is 11.8 Å². The Kier molecular flexibility index (Phi) is 5.15. The Labute approximate surface area is 95.3 Å². The Balaban J connectivity index is 2.56. The van der Waals surface area contributed by atoms with Gasteiger partial charge in [-0.3, -0.25) is 0 Å². The number of benzene rings is 1. The third-order valence-corrected chi connectivity index (χ3v) is 3.42. The van der Waals surface area contributed by atoms with Crippen molar-refractivity contribution in [1.82, 2.24) is 0 Å². The molecule has 0 amide bonds. The van der Waals surface area contributed by atoms with Crippen LogP contribution in [0.2, 0.25) is 0 Å². The van der Waals surface area contributed by atoms with Crippen molar-refractivity contribution in [2.45, 2.75) is 36.5 Å². The molecule has 3 heteroatoms. The molecule has 0 fully saturated rings. The molecule has 0 radical (unpaired) electrons. The highest BCUT2D eigenvalue weighted by molar-refractivity contribution is 7.99. The zero-order chi connectivity index (χ0) is 11.3. The molecular weight excluding hydrogens is 208 g/mol. The third-order valence-electron chi connectivity index (χ3n) is 2.24. The molecule has 0 aromatic heterocycles. The molecule has 1 aromatic rings. The summed E-state index contributed by atoms with van der Waals surface area (Å²) in [6.45, 7) is 4.10. The van der Waals surface area contributed by atoms with E-state index in [4.69, 9.17) is 5.11 Å². The monoisotopic (exact) mass is 226 g/mol. The third kappa shape index (κ3) is 4.24. The maximum atomic E-state index is 9.34. The summed E-state index contributed by atoms with van der Waals surface area (Å²) in [6.07, 6.45) is 0.405. The van der Waals surface area contributed by atoms with Crippen LogP contribution in [0.25, 0.3) is 0 Å². The summed E-state index contributed by atoms with van der Waals surface area (Å²) >= 11 is 1.75. The number of rotatable bonds is 5. The number of thioether (sulfide) groups is 1. The molecule has 0 aliphatic heterocycles. The van der Waals surface area contributed by atoms with Crippen LogP contribution in [-0.4, -0.2) is 22.1 Å². The molecule has 0 spiro atoms. The van der Waals surface area contributed by atoms with E-state index < -0.39 is 6.10 Å². The van der Waals surface area contributed by atoms with Crippen LogP contribution in [0.1, 0.15) is 31.9 Å². The van der Waals surface area contributed by atoms with Gasteiger partial charge in [0.15, 0.2) is 0 Å². The van der Waals surface area contributed by atoms with E-state index in [2.05, 4.69) is 6.92 Å². The average molecular weight is 226 g/mol. The molecule has 2 atom stereocenters. The number of aliphatic hydroxyl groups is 2. The van der Waals surface area contributed by atoms with Crippen LogP contribution in [-0.2, 0) is 0 Å². The maximum absolute atomic E-state index is 9.34. The van der Waals surface area contributed by atoms with E-state index in [0.29, 0.717) is 5.25 Å².